The van der Waals surface area contributed by atoms with Gasteiger partial charge in [0.05, 0.1) is 38.6 Å². The summed E-state index contributed by atoms with van der Waals surface area (Å²) in [5.74, 6) is -0.987. The largest absolute Gasteiger partial charge is 0.508 e. The maximum Gasteiger partial charge on any atom is 0.334 e. The van der Waals surface area contributed by atoms with Gasteiger partial charge in [-0.15, -0.1) is 5.10 Å². The molecule has 0 unspecified atom stereocenters. The van der Waals surface area contributed by atoms with Gasteiger partial charge in [0.2, 0.25) is 11.8 Å². The molecule has 2 aliphatic rings. The number of nitrogens with one attached hydrogen (secondary N) is 1. The van der Waals surface area contributed by atoms with Crippen LogP contribution in [0, 0.1) is 0 Å². The Hall–Kier alpha value is -5.59. The number of rotatable bonds is 10. The Morgan fingerprint density at radius 2 is 1.64 bits per heavy atom. The van der Waals surface area contributed by atoms with E-state index in [1.807, 2.05) is 72.8 Å². The maximum atomic E-state index is 14.5. The quantitative estimate of drug-likeness (QED) is 0.202. The standard InChI is InChI=1S/C38H38N8O6.W/c1-52-36(49)25-43-21-30(40-41-43)22-44-24-35(48)45-33(18-26-14-16-31(47)17-15-26)37(50)42(20-29-12-7-11-28-10-5-6-13-32(28)29)23-34(45)46(44)38(51)39-19-27-8-3-2-4-9-27;/h2-17,21,33-34,47H,18-20,22-25H2,1H3,(H,39,51);/t33-,34-;/m0./s1. The summed E-state index contributed by atoms with van der Waals surface area (Å²) in [7, 11) is 1.28. The number of aromatic nitrogens is 3. The van der Waals surface area contributed by atoms with Crippen molar-refractivity contribution in [1.82, 2.24) is 40.1 Å². The molecule has 2 atom stereocenters. The number of nitrogens with zero attached hydrogens (tertiary/aromatic N) is 7. The minimum absolute atomic E-state index is 0. The smallest absolute Gasteiger partial charge is 0.334 e. The summed E-state index contributed by atoms with van der Waals surface area (Å²) in [6.07, 6.45) is 0.866. The van der Waals surface area contributed by atoms with Gasteiger partial charge in [-0.05, 0) is 39.6 Å². The minimum Gasteiger partial charge on any atom is -0.508 e. The number of fused-ring (bicyclic) bond motifs is 2. The van der Waals surface area contributed by atoms with Crippen LogP contribution in [0.4, 0.5) is 4.79 Å². The van der Waals surface area contributed by atoms with Crippen molar-refractivity contribution in [3.05, 3.63) is 126 Å². The molecule has 14 nitrogen and oxygen atoms in total. The molecular formula is C38H38N8O6W. The van der Waals surface area contributed by atoms with E-state index < -0.39 is 24.2 Å². The summed E-state index contributed by atoms with van der Waals surface area (Å²) >= 11 is 0. The molecule has 4 aromatic carbocycles. The summed E-state index contributed by atoms with van der Waals surface area (Å²) in [5, 5.41) is 26.3. The van der Waals surface area contributed by atoms with Crippen molar-refractivity contribution >= 4 is 34.6 Å². The number of urea groups is 1. The fraction of sp³-hybridized carbons (Fsp3) is 0.263. The summed E-state index contributed by atoms with van der Waals surface area (Å²) in [6, 6.07) is 28.5. The summed E-state index contributed by atoms with van der Waals surface area (Å²) in [6.45, 7) is 0.188. The van der Waals surface area contributed by atoms with Crippen molar-refractivity contribution < 1.29 is 50.1 Å². The number of ether oxygens (including phenoxy) is 1. The summed E-state index contributed by atoms with van der Waals surface area (Å²) in [5.41, 5.74) is 3.00. The number of hydrogen-bond acceptors (Lipinski definition) is 9. The number of piperazine rings is 1. The third-order valence-electron chi connectivity index (χ3n) is 9.38. The molecule has 1 aromatic heterocycles. The van der Waals surface area contributed by atoms with Gasteiger partial charge in [-0.1, -0.05) is 90.1 Å². The molecule has 15 heteroatoms. The zero-order valence-corrected chi connectivity index (χ0v) is 31.9. The second-order valence-corrected chi connectivity index (χ2v) is 12.8. The van der Waals surface area contributed by atoms with Crippen molar-refractivity contribution in [2.45, 2.75) is 44.8 Å². The topological polar surface area (TPSA) is 153 Å². The average Bonchev–Trinajstić information content (AvgIpc) is 3.59. The average molecular weight is 887 g/mol. The SMILES string of the molecule is COC(=O)Cn1cc(CN2CC(=O)N3[C@@H](Cc4ccc(O)cc4)C(=O)N(Cc4cccc5ccccc45)C[C@@H]3N2C(=O)NCc2ccccc2)nn1.[W]. The van der Waals surface area contributed by atoms with Gasteiger partial charge in [-0.3, -0.25) is 14.4 Å². The Morgan fingerprint density at radius 3 is 2.42 bits per heavy atom. The van der Waals surface area contributed by atoms with Crippen LogP contribution in [0.2, 0.25) is 0 Å². The number of phenols is 1. The second-order valence-electron chi connectivity index (χ2n) is 12.8. The summed E-state index contributed by atoms with van der Waals surface area (Å²) in [4.78, 5) is 58.2. The third kappa shape index (κ3) is 8.24. The first kappa shape index (κ1) is 37.2. The Bertz CT molecular complexity index is 2090. The number of carbonyl (C=O) groups excluding carboxylic acids is 4. The van der Waals surface area contributed by atoms with E-state index >= 15 is 0 Å². The first-order valence-electron chi connectivity index (χ1n) is 16.9. The number of esters is 1. The van der Waals surface area contributed by atoms with Crippen LogP contribution in [-0.2, 0) is 72.8 Å². The van der Waals surface area contributed by atoms with Crippen LogP contribution in [0.25, 0.3) is 10.8 Å². The van der Waals surface area contributed by atoms with E-state index in [1.165, 1.54) is 21.7 Å². The van der Waals surface area contributed by atoms with Crippen molar-refractivity contribution in [3.8, 4) is 5.75 Å². The third-order valence-corrected chi connectivity index (χ3v) is 9.38. The first-order valence-corrected chi connectivity index (χ1v) is 16.9. The van der Waals surface area contributed by atoms with E-state index in [4.69, 9.17) is 4.74 Å². The predicted molar refractivity (Wildman–Crippen MR) is 189 cm³/mol. The van der Waals surface area contributed by atoms with Crippen LogP contribution in [0.3, 0.4) is 0 Å². The molecule has 4 amide bonds. The monoisotopic (exact) mass is 886 g/mol. The van der Waals surface area contributed by atoms with Crippen molar-refractivity contribution in [2.24, 2.45) is 0 Å². The molecule has 2 N–H and O–H groups in total. The Balaban J connectivity index is 0.00000481. The molecule has 0 saturated carbocycles. The zero-order valence-electron chi connectivity index (χ0n) is 28.9. The number of carbonyl (C=O) groups is 4. The number of phenolic OH excluding ortho intramolecular Hbond substituents is 1. The molecule has 5 aromatic rings. The van der Waals surface area contributed by atoms with Gasteiger partial charge in [0.15, 0.2) is 0 Å². The van der Waals surface area contributed by atoms with Crippen molar-refractivity contribution in [3.63, 3.8) is 0 Å². The van der Waals surface area contributed by atoms with Crippen LogP contribution in [0.15, 0.2) is 103 Å². The molecule has 2 fully saturated rings. The van der Waals surface area contributed by atoms with Crippen LogP contribution in [0.1, 0.15) is 22.4 Å². The van der Waals surface area contributed by atoms with Gasteiger partial charge < -0.3 is 25.0 Å². The molecule has 53 heavy (non-hydrogen) atoms. The van der Waals surface area contributed by atoms with Crippen LogP contribution < -0.4 is 5.32 Å². The maximum absolute atomic E-state index is 14.5. The van der Waals surface area contributed by atoms with Gasteiger partial charge in [-0.25, -0.2) is 14.5 Å². The number of hydrazine groups is 1. The van der Waals surface area contributed by atoms with Gasteiger partial charge >= 0.3 is 12.0 Å². The minimum atomic E-state index is -0.932. The molecule has 2 saturated heterocycles. The Kier molecular flexibility index (Phi) is 11.5. The number of amides is 4. The van der Waals surface area contributed by atoms with Crippen LogP contribution in [-0.4, -0.2) is 96.1 Å². The molecule has 2 aliphatic heterocycles. The fourth-order valence-corrected chi connectivity index (χ4v) is 6.89. The Labute approximate surface area is 320 Å². The molecule has 0 bridgehead atoms. The van der Waals surface area contributed by atoms with E-state index in [1.54, 1.807) is 40.4 Å². The first-order chi connectivity index (χ1) is 25.3. The number of methoxy groups -OCH3 is 1. The number of benzene rings is 4. The molecule has 0 spiro atoms. The molecular weight excluding hydrogens is 848 g/mol. The van der Waals surface area contributed by atoms with Gasteiger partial charge in [0.1, 0.15) is 24.5 Å². The van der Waals surface area contributed by atoms with E-state index in [2.05, 4.69) is 15.6 Å². The molecule has 0 radical (unpaired) electrons. The normalized spacial score (nSPS) is 17.3. The predicted octanol–water partition coefficient (Wildman–Crippen LogP) is 3.06. The van der Waals surface area contributed by atoms with E-state index in [-0.39, 0.29) is 84.3 Å². The summed E-state index contributed by atoms with van der Waals surface area (Å²) < 4.78 is 6.08. The van der Waals surface area contributed by atoms with E-state index in [0.29, 0.717) is 5.69 Å². The molecule has 272 valence electrons. The van der Waals surface area contributed by atoms with E-state index in [9.17, 15) is 24.3 Å². The fourth-order valence-electron chi connectivity index (χ4n) is 6.89. The molecule has 0 aliphatic carbocycles. The number of aromatic hydroxyl groups is 1. The van der Waals surface area contributed by atoms with Gasteiger partial charge in [0, 0.05) is 40.6 Å². The van der Waals surface area contributed by atoms with Crippen molar-refractivity contribution in [1.29, 1.82) is 0 Å². The second kappa shape index (κ2) is 16.4. The van der Waals surface area contributed by atoms with Crippen LogP contribution >= 0.6 is 0 Å². The zero-order chi connectivity index (χ0) is 36.2. The van der Waals surface area contributed by atoms with Crippen molar-refractivity contribution in [2.75, 3.05) is 20.2 Å². The molecule has 7 rings (SSSR count). The van der Waals surface area contributed by atoms with Crippen LogP contribution in [0.5, 0.6) is 5.75 Å². The van der Waals surface area contributed by atoms with Gasteiger partial charge in [-0.2, -0.15) is 5.01 Å². The molecule has 3 heterocycles. The van der Waals surface area contributed by atoms with Gasteiger partial charge in [0.25, 0.3) is 0 Å². The van der Waals surface area contributed by atoms with E-state index in [0.717, 1.165) is 27.5 Å². The Morgan fingerprint density at radius 1 is 0.906 bits per heavy atom. The number of hydrogen-bond donors (Lipinski definition) is 2.